The van der Waals surface area contributed by atoms with Crippen LogP contribution in [0.5, 0.6) is 5.75 Å². The van der Waals surface area contributed by atoms with Gasteiger partial charge in [0.2, 0.25) is 0 Å². The molecule has 1 heteroatoms. The summed E-state index contributed by atoms with van der Waals surface area (Å²) in [6.07, 6.45) is 6.52. The lowest BCUT2D eigenvalue weighted by atomic mass is 9.55. The first kappa shape index (κ1) is 14.0. The van der Waals surface area contributed by atoms with E-state index < -0.39 is 0 Å². The van der Waals surface area contributed by atoms with Crippen molar-refractivity contribution in [3.05, 3.63) is 28.8 Å². The molecule has 0 bridgehead atoms. The van der Waals surface area contributed by atoms with Crippen molar-refractivity contribution < 1.29 is 5.11 Å². The van der Waals surface area contributed by atoms with E-state index in [4.69, 9.17) is 0 Å². The molecule has 1 fully saturated rings. The Kier molecular flexibility index (Phi) is 3.35. The molecular weight excluding hydrogens is 244 g/mol. The Balaban J connectivity index is 2.10. The van der Waals surface area contributed by atoms with Crippen LogP contribution in [-0.2, 0) is 11.8 Å². The van der Waals surface area contributed by atoms with Crippen molar-refractivity contribution in [2.45, 2.75) is 71.1 Å². The Morgan fingerprint density at radius 2 is 2.00 bits per heavy atom. The zero-order valence-corrected chi connectivity index (χ0v) is 13.4. The predicted octanol–water partition coefficient (Wildman–Crippen LogP) is 5.16. The summed E-state index contributed by atoms with van der Waals surface area (Å²) in [5, 5.41) is 10.4. The Bertz CT molecular complexity index is 517. The number of rotatable bonds is 1. The molecule has 0 heterocycles. The maximum Gasteiger partial charge on any atom is 0.119 e. The van der Waals surface area contributed by atoms with Gasteiger partial charge in [0.1, 0.15) is 5.75 Å². The lowest BCUT2D eigenvalue weighted by Crippen LogP contribution is -2.43. The van der Waals surface area contributed by atoms with E-state index in [1.807, 2.05) is 0 Å². The van der Waals surface area contributed by atoms with Gasteiger partial charge in [0, 0.05) is 0 Å². The molecule has 3 rings (SSSR count). The second kappa shape index (κ2) is 4.79. The number of aromatic hydroxyl groups is 1. The molecule has 3 atom stereocenters. The van der Waals surface area contributed by atoms with Crippen molar-refractivity contribution in [2.75, 3.05) is 0 Å². The number of benzene rings is 1. The first-order chi connectivity index (χ1) is 9.43. The average Bonchev–Trinajstić information content (AvgIpc) is 2.38. The monoisotopic (exact) mass is 272 g/mol. The molecule has 0 spiro atoms. The molecule has 2 aliphatic carbocycles. The first-order valence-corrected chi connectivity index (χ1v) is 8.29. The summed E-state index contributed by atoms with van der Waals surface area (Å²) in [7, 11) is 0. The molecule has 110 valence electrons. The average molecular weight is 272 g/mol. The van der Waals surface area contributed by atoms with Crippen molar-refractivity contribution in [1.82, 2.24) is 0 Å². The third kappa shape index (κ3) is 1.98. The van der Waals surface area contributed by atoms with Gasteiger partial charge in [-0.2, -0.15) is 0 Å². The van der Waals surface area contributed by atoms with Gasteiger partial charge in [-0.3, -0.25) is 0 Å². The van der Waals surface area contributed by atoms with E-state index in [2.05, 4.69) is 39.8 Å². The highest BCUT2D eigenvalue weighted by molar-refractivity contribution is 5.48. The summed E-state index contributed by atoms with van der Waals surface area (Å²) in [5.74, 6) is 2.54. The van der Waals surface area contributed by atoms with Gasteiger partial charge in [-0.15, -0.1) is 0 Å². The van der Waals surface area contributed by atoms with E-state index in [0.717, 1.165) is 17.4 Å². The molecule has 0 radical (unpaired) electrons. The van der Waals surface area contributed by atoms with Crippen molar-refractivity contribution >= 4 is 0 Å². The van der Waals surface area contributed by atoms with Crippen LogP contribution in [-0.4, -0.2) is 5.11 Å². The smallest absolute Gasteiger partial charge is 0.119 e. The summed E-state index contributed by atoms with van der Waals surface area (Å²) in [6, 6.07) is 4.39. The highest BCUT2D eigenvalue weighted by Crippen LogP contribution is 2.53. The fourth-order valence-corrected chi connectivity index (χ4v) is 4.91. The van der Waals surface area contributed by atoms with Crippen LogP contribution in [0, 0.1) is 11.8 Å². The molecular formula is C19H28O. The normalized spacial score (nSPS) is 32.9. The molecule has 0 saturated heterocycles. The third-order valence-electron chi connectivity index (χ3n) is 6.08. The molecule has 0 aromatic heterocycles. The van der Waals surface area contributed by atoms with Crippen LogP contribution in [0.1, 0.15) is 76.0 Å². The lowest BCUT2D eigenvalue weighted by molar-refractivity contribution is 0.117. The summed E-state index contributed by atoms with van der Waals surface area (Å²) >= 11 is 0. The maximum absolute atomic E-state index is 10.4. The molecule has 1 aromatic rings. The molecule has 0 amide bonds. The summed E-state index contributed by atoms with van der Waals surface area (Å²) in [4.78, 5) is 0. The van der Waals surface area contributed by atoms with E-state index in [1.165, 1.54) is 43.2 Å². The van der Waals surface area contributed by atoms with Gasteiger partial charge in [-0.25, -0.2) is 0 Å². The Morgan fingerprint density at radius 3 is 2.70 bits per heavy atom. The summed E-state index contributed by atoms with van der Waals surface area (Å²) in [5.41, 5.74) is 4.36. The van der Waals surface area contributed by atoms with Crippen molar-refractivity contribution in [1.29, 1.82) is 0 Å². The molecule has 20 heavy (non-hydrogen) atoms. The van der Waals surface area contributed by atoms with Crippen LogP contribution >= 0.6 is 0 Å². The van der Waals surface area contributed by atoms with Gasteiger partial charge in [0.15, 0.2) is 0 Å². The fourth-order valence-electron chi connectivity index (χ4n) is 4.91. The lowest BCUT2D eigenvalue weighted by Gasteiger charge is -2.49. The maximum atomic E-state index is 10.4. The van der Waals surface area contributed by atoms with E-state index in [1.54, 1.807) is 0 Å². The first-order valence-electron chi connectivity index (χ1n) is 8.29. The molecule has 1 unspecified atom stereocenters. The van der Waals surface area contributed by atoms with Gasteiger partial charge >= 0.3 is 0 Å². The van der Waals surface area contributed by atoms with E-state index in [-0.39, 0.29) is 5.41 Å². The Hall–Kier alpha value is -0.980. The largest absolute Gasteiger partial charge is 0.508 e. The zero-order valence-electron chi connectivity index (χ0n) is 13.4. The number of hydrogen-bond acceptors (Lipinski definition) is 1. The van der Waals surface area contributed by atoms with Crippen molar-refractivity contribution in [3.8, 4) is 5.75 Å². The van der Waals surface area contributed by atoms with E-state index in [0.29, 0.717) is 11.7 Å². The molecule has 1 saturated carbocycles. The number of phenols is 1. The molecule has 1 aromatic carbocycles. The quantitative estimate of drug-likeness (QED) is 0.749. The van der Waals surface area contributed by atoms with Crippen LogP contribution in [0.25, 0.3) is 0 Å². The van der Waals surface area contributed by atoms with E-state index >= 15 is 0 Å². The van der Waals surface area contributed by atoms with Crippen LogP contribution in [0.4, 0.5) is 0 Å². The van der Waals surface area contributed by atoms with Crippen LogP contribution in [0.15, 0.2) is 12.1 Å². The highest BCUT2D eigenvalue weighted by Gasteiger charge is 2.45. The molecule has 1 nitrogen and oxygen atoms in total. The third-order valence-corrected chi connectivity index (χ3v) is 6.08. The fraction of sp³-hybridized carbons (Fsp3) is 0.684. The van der Waals surface area contributed by atoms with Gasteiger partial charge in [0.05, 0.1) is 0 Å². The number of hydrogen-bond donors (Lipinski definition) is 1. The minimum absolute atomic E-state index is 0.290. The summed E-state index contributed by atoms with van der Waals surface area (Å²) in [6.45, 7) is 9.20. The second-order valence-corrected chi connectivity index (χ2v) is 7.66. The van der Waals surface area contributed by atoms with Gasteiger partial charge in [-0.1, -0.05) is 46.6 Å². The van der Waals surface area contributed by atoms with Crippen LogP contribution in [0.3, 0.4) is 0 Å². The number of phenolic OH excluding ortho intramolecular Hbond substituents is 1. The minimum Gasteiger partial charge on any atom is -0.508 e. The zero-order chi connectivity index (χ0) is 14.5. The predicted molar refractivity (Wildman–Crippen MR) is 84.4 cm³/mol. The van der Waals surface area contributed by atoms with Crippen LogP contribution < -0.4 is 0 Å². The highest BCUT2D eigenvalue weighted by atomic mass is 16.3. The van der Waals surface area contributed by atoms with Crippen molar-refractivity contribution in [3.63, 3.8) is 0 Å². The SMILES string of the molecule is CC(C)c1cc2c(cc1O)[C@@]1(C)CCC[C@H](C)C1CC2. The number of aryl methyl sites for hydroxylation is 1. The van der Waals surface area contributed by atoms with Gasteiger partial charge in [0.25, 0.3) is 0 Å². The standard InChI is InChI=1S/C19H28O/c1-12(2)15-10-14-7-8-16-13(3)6-5-9-19(16,4)17(14)11-18(15)20/h10-13,16,20H,5-9H2,1-4H3/t13-,16?,19-/m0/s1. The Labute approximate surface area is 123 Å². The number of fused-ring (bicyclic) bond motifs is 3. The molecule has 2 aliphatic rings. The molecule has 0 aliphatic heterocycles. The topological polar surface area (TPSA) is 20.2 Å². The summed E-state index contributed by atoms with van der Waals surface area (Å²) < 4.78 is 0. The second-order valence-electron chi connectivity index (χ2n) is 7.66. The van der Waals surface area contributed by atoms with Crippen molar-refractivity contribution in [2.24, 2.45) is 11.8 Å². The minimum atomic E-state index is 0.290. The van der Waals surface area contributed by atoms with Gasteiger partial charge in [-0.05, 0) is 65.2 Å². The van der Waals surface area contributed by atoms with E-state index in [9.17, 15) is 5.11 Å². The molecule has 1 N–H and O–H groups in total. The van der Waals surface area contributed by atoms with Gasteiger partial charge < -0.3 is 5.11 Å². The Morgan fingerprint density at radius 1 is 1.25 bits per heavy atom. The van der Waals surface area contributed by atoms with Crippen LogP contribution in [0.2, 0.25) is 0 Å².